The highest BCUT2D eigenvalue weighted by atomic mass is 16.5. The average Bonchev–Trinajstić information content (AvgIpc) is 3.04. The highest BCUT2D eigenvalue weighted by molar-refractivity contribution is 5.94. The van der Waals surface area contributed by atoms with E-state index in [1.807, 2.05) is 23.1 Å². The van der Waals surface area contributed by atoms with Gasteiger partial charge in [-0.25, -0.2) is 0 Å². The van der Waals surface area contributed by atoms with E-state index in [0.717, 1.165) is 26.2 Å². The Bertz CT molecular complexity index is 562. The lowest BCUT2D eigenvalue weighted by atomic mass is 10.2. The van der Waals surface area contributed by atoms with Crippen LogP contribution in [0.25, 0.3) is 0 Å². The van der Waals surface area contributed by atoms with Crippen LogP contribution in [0.15, 0.2) is 46.4 Å². The summed E-state index contributed by atoms with van der Waals surface area (Å²) in [7, 11) is 0. The van der Waals surface area contributed by atoms with E-state index in [-0.39, 0.29) is 0 Å². The van der Waals surface area contributed by atoms with Gasteiger partial charge in [0.05, 0.1) is 0 Å². The Morgan fingerprint density at radius 1 is 1.15 bits per heavy atom. The first kappa shape index (κ1) is 12.5. The first-order valence-corrected chi connectivity index (χ1v) is 6.42. The summed E-state index contributed by atoms with van der Waals surface area (Å²) in [6.45, 7) is 3.17. The molecule has 0 bridgehead atoms. The second-order valence-corrected chi connectivity index (χ2v) is 4.49. The van der Waals surface area contributed by atoms with E-state index in [1.54, 1.807) is 0 Å². The Labute approximate surface area is 116 Å². The third-order valence-corrected chi connectivity index (χ3v) is 3.36. The first-order chi connectivity index (χ1) is 9.88. The van der Waals surface area contributed by atoms with Crippen LogP contribution >= 0.6 is 0 Å². The number of benzene rings is 1. The van der Waals surface area contributed by atoms with Crippen molar-refractivity contribution in [3.05, 3.63) is 42.5 Å². The molecule has 1 aliphatic heterocycles. The van der Waals surface area contributed by atoms with E-state index in [2.05, 4.69) is 36.9 Å². The van der Waals surface area contributed by atoms with Gasteiger partial charge in [-0.2, -0.15) is 4.98 Å². The minimum atomic E-state index is 0.306. The van der Waals surface area contributed by atoms with Crippen LogP contribution < -0.4 is 4.90 Å². The Balaban J connectivity index is 1.67. The fourth-order valence-corrected chi connectivity index (χ4v) is 2.33. The van der Waals surface area contributed by atoms with Gasteiger partial charge >= 0.3 is 0 Å². The summed E-state index contributed by atoms with van der Waals surface area (Å²) in [4.78, 5) is 8.16. The van der Waals surface area contributed by atoms with Crippen LogP contribution in [0.5, 0.6) is 0 Å². The molecule has 20 heavy (non-hydrogen) atoms. The number of aromatic nitrogens is 2. The maximum Gasteiger partial charge on any atom is 0.241 e. The smallest absolute Gasteiger partial charge is 0.241 e. The van der Waals surface area contributed by atoms with Crippen molar-refractivity contribution in [1.82, 2.24) is 15.0 Å². The lowest BCUT2D eigenvalue weighted by Crippen LogP contribution is -2.49. The Morgan fingerprint density at radius 2 is 1.90 bits per heavy atom. The van der Waals surface area contributed by atoms with E-state index in [1.165, 1.54) is 12.1 Å². The number of para-hydroxylation sites is 1. The summed E-state index contributed by atoms with van der Waals surface area (Å²) in [6, 6.07) is 10.3. The normalized spacial score (nSPS) is 16.5. The Morgan fingerprint density at radius 3 is 2.50 bits per heavy atom. The number of nitrogens with zero attached hydrogens (tertiary/aromatic N) is 5. The molecule has 7 nitrogen and oxygen atoms in total. The number of hydrogen-bond acceptors (Lipinski definition) is 6. The number of amidine groups is 1. The van der Waals surface area contributed by atoms with Crippen LogP contribution in [0, 0.1) is 0 Å². The predicted molar refractivity (Wildman–Crippen MR) is 72.8 cm³/mol. The van der Waals surface area contributed by atoms with Crippen LogP contribution in [-0.4, -0.2) is 52.3 Å². The summed E-state index contributed by atoms with van der Waals surface area (Å²) in [5.74, 6) is 0.659. The maximum atomic E-state index is 9.14. The third-order valence-electron chi connectivity index (χ3n) is 3.36. The van der Waals surface area contributed by atoms with Gasteiger partial charge in [0.15, 0.2) is 0 Å². The van der Waals surface area contributed by atoms with Crippen LogP contribution in [0.4, 0.5) is 5.69 Å². The van der Waals surface area contributed by atoms with Gasteiger partial charge in [-0.15, -0.1) is 0 Å². The lowest BCUT2D eigenvalue weighted by molar-refractivity contribution is 0.294. The molecule has 1 aromatic carbocycles. The quantitative estimate of drug-likeness (QED) is 0.381. The standard InChI is InChI=1S/C13H15N5O2/c19-15-13(12-14-10-20-16-12)18-8-6-17(7-9-18)11-4-2-1-3-5-11/h1-5,10,19H,6-9H2/b15-13+. The van der Waals surface area contributed by atoms with Crippen molar-refractivity contribution in [2.24, 2.45) is 5.16 Å². The minimum Gasteiger partial charge on any atom is -0.409 e. The largest absolute Gasteiger partial charge is 0.409 e. The van der Waals surface area contributed by atoms with Gasteiger partial charge in [-0.1, -0.05) is 28.5 Å². The third kappa shape index (κ3) is 2.42. The zero-order valence-corrected chi connectivity index (χ0v) is 10.9. The van der Waals surface area contributed by atoms with Gasteiger partial charge in [0, 0.05) is 31.9 Å². The number of hydrogen-bond donors (Lipinski definition) is 1. The fourth-order valence-electron chi connectivity index (χ4n) is 2.33. The van der Waals surface area contributed by atoms with Crippen LogP contribution in [0.1, 0.15) is 5.82 Å². The highest BCUT2D eigenvalue weighted by Crippen LogP contribution is 2.16. The van der Waals surface area contributed by atoms with Gasteiger partial charge < -0.3 is 19.5 Å². The number of rotatable bonds is 2. The topological polar surface area (TPSA) is 78.0 Å². The molecule has 0 saturated carbocycles. The first-order valence-electron chi connectivity index (χ1n) is 6.42. The molecular formula is C13H15N5O2. The van der Waals surface area contributed by atoms with Crippen molar-refractivity contribution in [2.45, 2.75) is 0 Å². The number of piperazine rings is 1. The Kier molecular flexibility index (Phi) is 3.49. The van der Waals surface area contributed by atoms with Crippen molar-refractivity contribution in [1.29, 1.82) is 0 Å². The number of oxime groups is 1. The van der Waals surface area contributed by atoms with E-state index >= 15 is 0 Å². The van der Waals surface area contributed by atoms with E-state index < -0.39 is 0 Å². The van der Waals surface area contributed by atoms with Crippen molar-refractivity contribution in [3.8, 4) is 0 Å². The summed E-state index contributed by atoms with van der Waals surface area (Å²) >= 11 is 0. The number of anilines is 1. The average molecular weight is 273 g/mol. The molecule has 104 valence electrons. The summed E-state index contributed by atoms with van der Waals surface area (Å²) < 4.78 is 4.69. The summed E-state index contributed by atoms with van der Waals surface area (Å²) in [5, 5.41) is 16.1. The van der Waals surface area contributed by atoms with Crippen LogP contribution in [0.2, 0.25) is 0 Å². The molecule has 1 N–H and O–H groups in total. The molecule has 1 aliphatic rings. The van der Waals surface area contributed by atoms with Gasteiger partial charge in [-0.3, -0.25) is 0 Å². The molecule has 0 unspecified atom stereocenters. The molecule has 1 saturated heterocycles. The van der Waals surface area contributed by atoms with Crippen molar-refractivity contribution < 1.29 is 9.73 Å². The van der Waals surface area contributed by atoms with Crippen molar-refractivity contribution >= 4 is 11.5 Å². The summed E-state index contributed by atoms with van der Waals surface area (Å²) in [5.41, 5.74) is 1.20. The monoisotopic (exact) mass is 273 g/mol. The lowest BCUT2D eigenvalue weighted by Gasteiger charge is -2.36. The van der Waals surface area contributed by atoms with E-state index in [4.69, 9.17) is 5.21 Å². The fraction of sp³-hybridized carbons (Fsp3) is 0.308. The van der Waals surface area contributed by atoms with Gasteiger partial charge in [0.25, 0.3) is 0 Å². The molecule has 2 aromatic rings. The molecular weight excluding hydrogens is 258 g/mol. The Hall–Kier alpha value is -2.57. The van der Waals surface area contributed by atoms with E-state index in [0.29, 0.717) is 11.7 Å². The van der Waals surface area contributed by atoms with Gasteiger partial charge in [0.2, 0.25) is 18.1 Å². The highest BCUT2D eigenvalue weighted by Gasteiger charge is 2.23. The molecule has 0 amide bonds. The molecule has 7 heteroatoms. The predicted octanol–water partition coefficient (Wildman–Crippen LogP) is 1.03. The molecule has 3 rings (SSSR count). The molecule has 0 spiro atoms. The van der Waals surface area contributed by atoms with Gasteiger partial charge in [-0.05, 0) is 12.1 Å². The minimum absolute atomic E-state index is 0.306. The van der Waals surface area contributed by atoms with Gasteiger partial charge in [0.1, 0.15) is 0 Å². The van der Waals surface area contributed by atoms with Crippen LogP contribution in [-0.2, 0) is 0 Å². The zero-order chi connectivity index (χ0) is 13.8. The second kappa shape index (κ2) is 5.60. The molecule has 0 aliphatic carbocycles. The molecule has 1 fully saturated rings. The van der Waals surface area contributed by atoms with Crippen molar-refractivity contribution in [2.75, 3.05) is 31.1 Å². The molecule has 0 atom stereocenters. The molecule has 1 aromatic heterocycles. The van der Waals surface area contributed by atoms with Crippen LogP contribution in [0.3, 0.4) is 0 Å². The van der Waals surface area contributed by atoms with E-state index in [9.17, 15) is 0 Å². The molecule has 2 heterocycles. The second-order valence-electron chi connectivity index (χ2n) is 4.49. The van der Waals surface area contributed by atoms with Crippen molar-refractivity contribution in [3.63, 3.8) is 0 Å². The SMILES string of the molecule is O/N=C(\c1ncon1)N1CCN(c2ccccc2)CC1. The molecule has 0 radical (unpaired) electrons. The summed E-state index contributed by atoms with van der Waals surface area (Å²) in [6.07, 6.45) is 1.22. The maximum absolute atomic E-state index is 9.14. The zero-order valence-electron chi connectivity index (χ0n) is 10.9.